The van der Waals surface area contributed by atoms with Crippen LogP contribution in [0.1, 0.15) is 40.0 Å². The Hall–Kier alpha value is -1.16. The van der Waals surface area contributed by atoms with Gasteiger partial charge in [0.05, 0.1) is 17.3 Å². The minimum atomic E-state index is -0.714. The minimum Gasteiger partial charge on any atom is -0.462 e. The van der Waals surface area contributed by atoms with E-state index >= 15 is 0 Å². The number of furan rings is 1. The molecule has 0 spiro atoms. The van der Waals surface area contributed by atoms with Gasteiger partial charge in [0.2, 0.25) is 6.29 Å². The van der Waals surface area contributed by atoms with Crippen molar-refractivity contribution in [1.82, 2.24) is 10.2 Å². The van der Waals surface area contributed by atoms with Crippen molar-refractivity contribution in [2.45, 2.75) is 56.8 Å². The normalized spacial score (nSPS) is 27.7. The summed E-state index contributed by atoms with van der Waals surface area (Å²) in [5.41, 5.74) is 0. The van der Waals surface area contributed by atoms with Crippen LogP contribution in [0.3, 0.4) is 0 Å². The predicted molar refractivity (Wildman–Crippen MR) is 116 cm³/mol. The molecule has 0 bridgehead atoms. The van der Waals surface area contributed by atoms with Crippen LogP contribution >= 0.6 is 39.0 Å². The monoisotopic (exact) mass is 498 g/mol. The van der Waals surface area contributed by atoms with E-state index in [2.05, 4.69) is 46.9 Å². The van der Waals surface area contributed by atoms with Gasteiger partial charge >= 0.3 is 5.97 Å². The van der Waals surface area contributed by atoms with Crippen molar-refractivity contribution >= 4 is 45.0 Å². The van der Waals surface area contributed by atoms with Gasteiger partial charge in [0, 0.05) is 0 Å². The number of nitrogens with zero attached hydrogens (tertiary/aromatic N) is 2. The number of hydrogen-bond acceptors (Lipinski definition) is 8. The van der Waals surface area contributed by atoms with Crippen LogP contribution in [-0.4, -0.2) is 28.6 Å². The van der Waals surface area contributed by atoms with Crippen molar-refractivity contribution in [3.8, 4) is 10.8 Å². The summed E-state index contributed by atoms with van der Waals surface area (Å²) in [6.45, 7) is 6.72. The standard InChI is InChI=1S/C20H23BrN2O4S2/c1-10(2)12-7-6-11(3)9-14(12)26-19-16(15(21)18(24)27-19)28-20-23-22-17(29-20)13-5-4-8-25-13/h4-5,8,10-12,14,19H,6-7,9H2,1-3H3/t11-,12+,14-,19+/m1/s1. The molecule has 0 aromatic carbocycles. The molecule has 0 amide bonds. The smallest absolute Gasteiger partial charge is 0.348 e. The Labute approximate surface area is 186 Å². The SMILES string of the molecule is CC(C)[C@@H]1CC[C@@H](C)C[C@H]1O[C@H]1OC(=O)C(Br)=C1Sc1nnc(-c2ccco2)s1. The highest BCUT2D eigenvalue weighted by molar-refractivity contribution is 9.12. The molecule has 0 saturated heterocycles. The fourth-order valence-electron chi connectivity index (χ4n) is 3.86. The fraction of sp³-hybridized carbons (Fsp3) is 0.550. The van der Waals surface area contributed by atoms with E-state index in [-0.39, 0.29) is 6.10 Å². The third-order valence-corrected chi connectivity index (χ3v) is 8.54. The zero-order valence-corrected chi connectivity index (χ0v) is 19.7. The molecule has 2 aromatic heterocycles. The van der Waals surface area contributed by atoms with E-state index in [1.54, 1.807) is 6.26 Å². The van der Waals surface area contributed by atoms with Crippen LogP contribution in [0, 0.1) is 17.8 Å². The highest BCUT2D eigenvalue weighted by atomic mass is 79.9. The molecule has 4 rings (SSSR count). The lowest BCUT2D eigenvalue weighted by molar-refractivity contribution is -0.179. The van der Waals surface area contributed by atoms with Gasteiger partial charge in [-0.25, -0.2) is 4.79 Å². The van der Waals surface area contributed by atoms with Crippen molar-refractivity contribution in [2.75, 3.05) is 0 Å². The van der Waals surface area contributed by atoms with E-state index in [0.29, 0.717) is 42.2 Å². The Morgan fingerprint density at radius 2 is 2.17 bits per heavy atom. The molecule has 156 valence electrons. The molecule has 1 aliphatic carbocycles. The first-order valence-corrected chi connectivity index (χ1v) is 12.2. The molecule has 1 saturated carbocycles. The molecule has 2 aliphatic rings. The lowest BCUT2D eigenvalue weighted by Crippen LogP contribution is -2.37. The molecular formula is C20H23BrN2O4S2. The first-order chi connectivity index (χ1) is 13.9. The van der Waals surface area contributed by atoms with Gasteiger partial charge in [-0.1, -0.05) is 50.3 Å². The molecule has 1 fully saturated rings. The van der Waals surface area contributed by atoms with Gasteiger partial charge in [0.25, 0.3) is 0 Å². The van der Waals surface area contributed by atoms with Crippen molar-refractivity contribution < 1.29 is 18.7 Å². The zero-order valence-electron chi connectivity index (χ0n) is 16.5. The second-order valence-corrected chi connectivity index (χ2v) is 10.9. The molecular weight excluding hydrogens is 476 g/mol. The largest absolute Gasteiger partial charge is 0.462 e. The van der Waals surface area contributed by atoms with Crippen molar-refractivity contribution in [2.24, 2.45) is 17.8 Å². The first kappa shape index (κ1) is 21.1. The summed E-state index contributed by atoms with van der Waals surface area (Å²) in [7, 11) is 0. The molecule has 0 N–H and O–H groups in total. The maximum absolute atomic E-state index is 12.2. The third kappa shape index (κ3) is 4.62. The number of halogens is 1. The summed E-state index contributed by atoms with van der Waals surface area (Å²) in [6.07, 6.45) is 4.29. The number of carbonyl (C=O) groups is 1. The van der Waals surface area contributed by atoms with Crippen LogP contribution in [0.2, 0.25) is 0 Å². The number of rotatable bonds is 6. The second kappa shape index (κ2) is 8.91. The van der Waals surface area contributed by atoms with Gasteiger partial charge in [0.15, 0.2) is 15.1 Å². The Kier molecular flexibility index (Phi) is 6.48. The Morgan fingerprint density at radius 3 is 2.90 bits per heavy atom. The van der Waals surface area contributed by atoms with Gasteiger partial charge in [-0.3, -0.25) is 0 Å². The second-order valence-electron chi connectivity index (χ2n) is 7.87. The van der Waals surface area contributed by atoms with Crippen LogP contribution < -0.4 is 0 Å². The van der Waals surface area contributed by atoms with Crippen LogP contribution in [0.25, 0.3) is 10.8 Å². The average Bonchev–Trinajstić information content (AvgIpc) is 3.40. The quantitative estimate of drug-likeness (QED) is 0.461. The zero-order chi connectivity index (χ0) is 20.5. The van der Waals surface area contributed by atoms with Gasteiger partial charge in [-0.15, -0.1) is 10.2 Å². The molecule has 2 aromatic rings. The minimum absolute atomic E-state index is 0.0682. The van der Waals surface area contributed by atoms with E-state index in [1.807, 2.05) is 12.1 Å². The number of esters is 1. The molecule has 4 atom stereocenters. The van der Waals surface area contributed by atoms with Gasteiger partial charge < -0.3 is 13.9 Å². The van der Waals surface area contributed by atoms with Crippen LogP contribution in [0.4, 0.5) is 0 Å². The first-order valence-electron chi connectivity index (χ1n) is 9.73. The fourth-order valence-corrected chi connectivity index (χ4v) is 6.25. The highest BCUT2D eigenvalue weighted by Crippen LogP contribution is 2.44. The Balaban J connectivity index is 1.51. The number of thioether (sulfide) groups is 1. The molecule has 6 nitrogen and oxygen atoms in total. The summed E-state index contributed by atoms with van der Waals surface area (Å²) >= 11 is 6.13. The molecule has 1 aliphatic heterocycles. The maximum atomic E-state index is 12.2. The van der Waals surface area contributed by atoms with Crippen molar-refractivity contribution in [3.63, 3.8) is 0 Å². The highest BCUT2D eigenvalue weighted by Gasteiger charge is 2.40. The summed E-state index contributed by atoms with van der Waals surface area (Å²) in [6, 6.07) is 3.65. The van der Waals surface area contributed by atoms with Gasteiger partial charge in [-0.2, -0.15) is 0 Å². The summed E-state index contributed by atoms with van der Waals surface area (Å²) < 4.78 is 18.4. The third-order valence-electron chi connectivity index (χ3n) is 5.42. The molecule has 0 radical (unpaired) electrons. The summed E-state index contributed by atoms with van der Waals surface area (Å²) in [5, 5.41) is 9.10. The maximum Gasteiger partial charge on any atom is 0.348 e. The van der Waals surface area contributed by atoms with E-state index in [1.165, 1.54) is 29.5 Å². The van der Waals surface area contributed by atoms with Gasteiger partial charge in [0.1, 0.15) is 4.48 Å². The number of cyclic esters (lactones) is 1. The van der Waals surface area contributed by atoms with Gasteiger partial charge in [-0.05, 0) is 58.7 Å². The van der Waals surface area contributed by atoms with Crippen molar-refractivity contribution in [3.05, 3.63) is 27.8 Å². The summed E-state index contributed by atoms with van der Waals surface area (Å²) in [4.78, 5) is 12.9. The number of aromatic nitrogens is 2. The topological polar surface area (TPSA) is 74.5 Å². The number of hydrogen-bond donors (Lipinski definition) is 0. The Morgan fingerprint density at radius 1 is 1.34 bits per heavy atom. The lowest BCUT2D eigenvalue weighted by atomic mass is 9.75. The molecule has 0 unspecified atom stereocenters. The van der Waals surface area contributed by atoms with Crippen LogP contribution in [0.15, 0.2) is 36.5 Å². The number of ether oxygens (including phenoxy) is 2. The van der Waals surface area contributed by atoms with E-state index in [9.17, 15) is 4.79 Å². The van der Waals surface area contributed by atoms with Crippen LogP contribution in [-0.2, 0) is 14.3 Å². The molecule has 3 heterocycles. The van der Waals surface area contributed by atoms with E-state index < -0.39 is 12.3 Å². The Bertz CT molecular complexity index is 896. The van der Waals surface area contributed by atoms with Crippen LogP contribution in [0.5, 0.6) is 0 Å². The lowest BCUT2D eigenvalue weighted by Gasteiger charge is -2.38. The molecule has 29 heavy (non-hydrogen) atoms. The molecule has 9 heteroatoms. The van der Waals surface area contributed by atoms with E-state index in [4.69, 9.17) is 13.9 Å². The number of carbonyl (C=O) groups excluding carboxylic acids is 1. The van der Waals surface area contributed by atoms with E-state index in [0.717, 1.165) is 12.8 Å². The summed E-state index contributed by atoms with van der Waals surface area (Å²) in [5.74, 6) is 1.85. The average molecular weight is 499 g/mol. The van der Waals surface area contributed by atoms with Crippen molar-refractivity contribution in [1.29, 1.82) is 0 Å². The predicted octanol–water partition coefficient (Wildman–Crippen LogP) is 5.86.